The molecule has 3 aliphatic rings. The van der Waals surface area contributed by atoms with Gasteiger partial charge in [-0.05, 0) is 24.2 Å². The molecule has 2 bridgehead atoms. The summed E-state index contributed by atoms with van der Waals surface area (Å²) in [4.78, 5) is 39.4. The van der Waals surface area contributed by atoms with Gasteiger partial charge in [0.1, 0.15) is 0 Å². The lowest BCUT2D eigenvalue weighted by Gasteiger charge is -2.41. The van der Waals surface area contributed by atoms with Gasteiger partial charge < -0.3 is 9.47 Å². The van der Waals surface area contributed by atoms with Gasteiger partial charge in [-0.1, -0.05) is 49.4 Å². The standard InChI is InChI=1S/C22H24O5/c1-13(18(23)14-7-5-4-6-8-14)22(20(25)27-3)16-10-9-15(21(16)11-12-21)17(22)19(24)26-2/h4-10,13,15-17H,11-12H2,1-3H3/t13-,15+,16+,17+,22-/m0/s1. The van der Waals surface area contributed by atoms with Crippen molar-refractivity contribution >= 4 is 17.7 Å². The number of ketones is 1. The summed E-state index contributed by atoms with van der Waals surface area (Å²) in [5, 5.41) is 0. The van der Waals surface area contributed by atoms with Crippen LogP contribution < -0.4 is 0 Å². The van der Waals surface area contributed by atoms with Gasteiger partial charge in [-0.25, -0.2) is 0 Å². The second-order valence-electron chi connectivity index (χ2n) is 8.00. The highest BCUT2D eigenvalue weighted by Crippen LogP contribution is 2.77. The monoisotopic (exact) mass is 368 g/mol. The fourth-order valence-electron chi connectivity index (χ4n) is 5.86. The largest absolute Gasteiger partial charge is 0.469 e. The van der Waals surface area contributed by atoms with Gasteiger partial charge in [0.2, 0.25) is 0 Å². The number of Topliss-reactive ketones (excluding diaryl/α,β-unsaturated/α-hetero) is 1. The third kappa shape index (κ3) is 2.14. The van der Waals surface area contributed by atoms with E-state index < -0.39 is 29.2 Å². The molecule has 0 unspecified atom stereocenters. The Morgan fingerprint density at radius 2 is 1.70 bits per heavy atom. The lowest BCUT2D eigenvalue weighted by molar-refractivity contribution is -0.171. The number of carbonyl (C=O) groups is 3. The van der Waals surface area contributed by atoms with Crippen molar-refractivity contribution in [3.05, 3.63) is 48.0 Å². The van der Waals surface area contributed by atoms with Crippen LogP contribution in [0.25, 0.3) is 0 Å². The van der Waals surface area contributed by atoms with E-state index in [0.29, 0.717) is 5.56 Å². The summed E-state index contributed by atoms with van der Waals surface area (Å²) >= 11 is 0. The van der Waals surface area contributed by atoms with Crippen molar-refractivity contribution in [1.82, 2.24) is 0 Å². The third-order valence-corrected chi connectivity index (χ3v) is 7.17. The molecule has 1 spiro atoms. The van der Waals surface area contributed by atoms with Gasteiger partial charge in [0.05, 0.1) is 25.6 Å². The van der Waals surface area contributed by atoms with E-state index >= 15 is 0 Å². The van der Waals surface area contributed by atoms with Crippen LogP contribution in [0.5, 0.6) is 0 Å². The van der Waals surface area contributed by atoms with E-state index in [9.17, 15) is 14.4 Å². The molecular formula is C22H24O5. The molecule has 5 atom stereocenters. The molecule has 142 valence electrons. The quantitative estimate of drug-likeness (QED) is 0.454. The lowest BCUT2D eigenvalue weighted by atomic mass is 9.59. The second kappa shape index (κ2) is 6.04. The highest BCUT2D eigenvalue weighted by molar-refractivity contribution is 6.02. The minimum atomic E-state index is -1.23. The molecule has 0 aromatic heterocycles. The number of allylic oxidation sites excluding steroid dienone is 2. The summed E-state index contributed by atoms with van der Waals surface area (Å²) in [7, 11) is 2.66. The first kappa shape index (κ1) is 18.0. The van der Waals surface area contributed by atoms with Crippen LogP contribution in [-0.4, -0.2) is 31.9 Å². The SMILES string of the molecule is COC(=O)[C@H]1[C@H]2C=C[C@H](C23CC3)[C@@]1(C(=O)OC)[C@@H](C)C(=O)c1ccccc1. The van der Waals surface area contributed by atoms with Crippen LogP contribution in [0.1, 0.15) is 30.1 Å². The smallest absolute Gasteiger partial charge is 0.314 e. The van der Waals surface area contributed by atoms with Crippen LogP contribution in [0.15, 0.2) is 42.5 Å². The van der Waals surface area contributed by atoms with Crippen molar-refractivity contribution in [3.63, 3.8) is 0 Å². The first-order valence-corrected chi connectivity index (χ1v) is 9.39. The minimum Gasteiger partial charge on any atom is -0.469 e. The minimum absolute atomic E-state index is 0.0833. The lowest BCUT2D eigenvalue weighted by Crippen LogP contribution is -2.53. The Morgan fingerprint density at radius 3 is 2.26 bits per heavy atom. The summed E-state index contributed by atoms with van der Waals surface area (Å²) in [5.41, 5.74) is -0.809. The highest BCUT2D eigenvalue weighted by Gasteiger charge is 2.79. The number of rotatable bonds is 5. The molecule has 2 fully saturated rings. The Balaban J connectivity index is 1.87. The highest BCUT2D eigenvalue weighted by atomic mass is 16.5. The topological polar surface area (TPSA) is 69.7 Å². The number of benzene rings is 1. The third-order valence-electron chi connectivity index (χ3n) is 7.17. The second-order valence-corrected chi connectivity index (χ2v) is 8.00. The number of esters is 2. The average molecular weight is 368 g/mol. The number of methoxy groups -OCH3 is 2. The van der Waals surface area contributed by atoms with Crippen LogP contribution in [0.2, 0.25) is 0 Å². The molecule has 0 heterocycles. The molecule has 3 aliphatic carbocycles. The Labute approximate surface area is 158 Å². The predicted octanol–water partition coefficient (Wildman–Crippen LogP) is 3.05. The molecule has 5 nitrogen and oxygen atoms in total. The van der Waals surface area contributed by atoms with Gasteiger partial charge >= 0.3 is 11.9 Å². The Bertz CT molecular complexity index is 822. The molecule has 0 amide bonds. The van der Waals surface area contributed by atoms with Crippen molar-refractivity contribution in [3.8, 4) is 0 Å². The maximum Gasteiger partial charge on any atom is 0.314 e. The molecule has 0 saturated heterocycles. The Hall–Kier alpha value is -2.43. The van der Waals surface area contributed by atoms with E-state index in [1.54, 1.807) is 31.2 Å². The van der Waals surface area contributed by atoms with Gasteiger partial charge in [-0.3, -0.25) is 14.4 Å². The molecular weight excluding hydrogens is 344 g/mol. The summed E-state index contributed by atoms with van der Waals surface area (Å²) < 4.78 is 10.3. The van der Waals surface area contributed by atoms with Gasteiger partial charge in [0.25, 0.3) is 0 Å². The van der Waals surface area contributed by atoms with Crippen LogP contribution in [-0.2, 0) is 19.1 Å². The van der Waals surface area contributed by atoms with E-state index in [0.717, 1.165) is 12.8 Å². The van der Waals surface area contributed by atoms with Crippen molar-refractivity contribution in [1.29, 1.82) is 0 Å². The number of hydrogen-bond donors (Lipinski definition) is 0. The number of hydrogen-bond acceptors (Lipinski definition) is 5. The molecule has 2 saturated carbocycles. The first-order valence-electron chi connectivity index (χ1n) is 9.39. The predicted molar refractivity (Wildman–Crippen MR) is 97.7 cm³/mol. The maximum atomic E-state index is 13.3. The summed E-state index contributed by atoms with van der Waals surface area (Å²) in [5.74, 6) is -2.74. The average Bonchev–Trinajstić information content (AvgIpc) is 3.38. The zero-order chi connectivity index (χ0) is 19.4. The summed E-state index contributed by atoms with van der Waals surface area (Å²) in [6.07, 6.45) is 5.98. The van der Waals surface area contributed by atoms with Crippen molar-refractivity contribution in [2.45, 2.75) is 19.8 Å². The van der Waals surface area contributed by atoms with E-state index in [1.807, 2.05) is 18.2 Å². The van der Waals surface area contributed by atoms with Crippen molar-refractivity contribution < 1.29 is 23.9 Å². The Morgan fingerprint density at radius 1 is 1.04 bits per heavy atom. The van der Waals surface area contributed by atoms with Gasteiger partial charge in [-0.2, -0.15) is 0 Å². The van der Waals surface area contributed by atoms with Crippen molar-refractivity contribution in [2.24, 2.45) is 34.5 Å². The van der Waals surface area contributed by atoms with E-state index in [4.69, 9.17) is 9.47 Å². The molecule has 1 aromatic carbocycles. The van der Waals surface area contributed by atoms with Gasteiger partial charge in [0.15, 0.2) is 5.78 Å². The first-order chi connectivity index (χ1) is 12.9. The molecule has 0 radical (unpaired) electrons. The number of ether oxygens (including phenoxy) is 2. The van der Waals surface area contributed by atoms with Gasteiger partial charge in [0, 0.05) is 17.4 Å². The fraction of sp³-hybridized carbons (Fsp3) is 0.500. The number of carbonyl (C=O) groups excluding carboxylic acids is 3. The van der Waals surface area contributed by atoms with E-state index in [1.165, 1.54) is 14.2 Å². The zero-order valence-electron chi connectivity index (χ0n) is 15.8. The molecule has 0 N–H and O–H groups in total. The van der Waals surface area contributed by atoms with E-state index in [2.05, 4.69) is 0 Å². The molecule has 27 heavy (non-hydrogen) atoms. The maximum absolute atomic E-state index is 13.3. The molecule has 0 aliphatic heterocycles. The zero-order valence-corrected chi connectivity index (χ0v) is 15.8. The van der Waals surface area contributed by atoms with Crippen LogP contribution >= 0.6 is 0 Å². The Kier molecular flexibility index (Phi) is 4.02. The summed E-state index contributed by atoms with van der Waals surface area (Å²) in [6.45, 7) is 1.76. The molecule has 4 rings (SSSR count). The summed E-state index contributed by atoms with van der Waals surface area (Å²) in [6, 6.07) is 8.92. The van der Waals surface area contributed by atoms with Crippen LogP contribution in [0.4, 0.5) is 0 Å². The van der Waals surface area contributed by atoms with Crippen LogP contribution in [0, 0.1) is 34.5 Å². The molecule has 1 aromatic rings. The fourth-order valence-corrected chi connectivity index (χ4v) is 5.86. The molecule has 5 heteroatoms. The van der Waals surface area contributed by atoms with Crippen LogP contribution in [0.3, 0.4) is 0 Å². The van der Waals surface area contributed by atoms with E-state index in [-0.39, 0.29) is 23.0 Å². The van der Waals surface area contributed by atoms with Crippen molar-refractivity contribution in [2.75, 3.05) is 14.2 Å². The normalized spacial score (nSPS) is 32.9. The van der Waals surface area contributed by atoms with Gasteiger partial charge in [-0.15, -0.1) is 0 Å².